The Bertz CT molecular complexity index is 870. The average molecular weight is 322 g/mol. The van der Waals surface area contributed by atoms with Crippen molar-refractivity contribution >= 4 is 22.9 Å². The Morgan fingerprint density at radius 1 is 1.12 bits per heavy atom. The van der Waals surface area contributed by atoms with Crippen LogP contribution in [0.25, 0.3) is 11.0 Å². The van der Waals surface area contributed by atoms with E-state index in [9.17, 15) is 4.79 Å². The van der Waals surface area contributed by atoms with E-state index in [1.165, 1.54) is 0 Å². The Kier molecular flexibility index (Phi) is 3.66. The highest BCUT2D eigenvalue weighted by Crippen LogP contribution is 2.24. The maximum atomic E-state index is 11.9. The number of imidazole rings is 1. The lowest BCUT2D eigenvalue weighted by Crippen LogP contribution is -2.27. The smallest absolute Gasteiger partial charge is 0.274 e. The molecule has 0 aliphatic carbocycles. The van der Waals surface area contributed by atoms with Crippen LogP contribution in [0.3, 0.4) is 0 Å². The van der Waals surface area contributed by atoms with Crippen LogP contribution >= 0.6 is 0 Å². The zero-order valence-corrected chi connectivity index (χ0v) is 13.1. The van der Waals surface area contributed by atoms with E-state index in [4.69, 9.17) is 5.21 Å². The van der Waals surface area contributed by atoms with Crippen LogP contribution in [-0.2, 0) is 12.8 Å². The molecule has 1 aliphatic rings. The fourth-order valence-corrected chi connectivity index (χ4v) is 3.35. The topological polar surface area (TPSA) is 81.2 Å². The lowest BCUT2D eigenvalue weighted by atomic mass is 9.97. The van der Waals surface area contributed by atoms with Crippen LogP contribution in [0.5, 0.6) is 0 Å². The fraction of sp³-hybridized carbons (Fsp3) is 0.222. The Morgan fingerprint density at radius 3 is 2.79 bits per heavy atom. The van der Waals surface area contributed by atoms with Crippen LogP contribution in [0.1, 0.15) is 21.5 Å². The molecule has 0 fully saturated rings. The third-order valence-electron chi connectivity index (χ3n) is 4.58. The van der Waals surface area contributed by atoms with Crippen molar-refractivity contribution < 1.29 is 10.0 Å². The number of carbonyl (C=O) groups is 1. The number of benzene rings is 2. The van der Waals surface area contributed by atoms with Gasteiger partial charge in [0.2, 0.25) is 5.95 Å². The Labute approximate surface area is 139 Å². The largest absolute Gasteiger partial charge is 0.342 e. The van der Waals surface area contributed by atoms with E-state index in [1.807, 2.05) is 36.4 Å². The molecule has 122 valence electrons. The van der Waals surface area contributed by atoms with Gasteiger partial charge in [0.05, 0.1) is 11.0 Å². The molecule has 0 unspecified atom stereocenters. The van der Waals surface area contributed by atoms with Crippen LogP contribution in [0.15, 0.2) is 42.5 Å². The third kappa shape index (κ3) is 2.51. The molecule has 0 atom stereocenters. The fourth-order valence-electron chi connectivity index (χ4n) is 3.35. The summed E-state index contributed by atoms with van der Waals surface area (Å²) in [6, 6.07) is 13.6. The number of para-hydroxylation sites is 2. The zero-order chi connectivity index (χ0) is 16.5. The number of H-pyrrole nitrogens is 1. The summed E-state index contributed by atoms with van der Waals surface area (Å²) in [6.07, 6.45) is 1.56. The molecule has 0 bridgehead atoms. The summed E-state index contributed by atoms with van der Waals surface area (Å²) < 4.78 is 0. The van der Waals surface area contributed by atoms with E-state index in [1.54, 1.807) is 11.5 Å². The van der Waals surface area contributed by atoms with Gasteiger partial charge in [-0.3, -0.25) is 10.0 Å². The van der Waals surface area contributed by atoms with E-state index < -0.39 is 5.91 Å². The van der Waals surface area contributed by atoms with Crippen molar-refractivity contribution in [2.45, 2.75) is 12.8 Å². The van der Waals surface area contributed by atoms with Gasteiger partial charge in [-0.05, 0) is 42.2 Å². The zero-order valence-electron chi connectivity index (χ0n) is 13.1. The summed E-state index contributed by atoms with van der Waals surface area (Å²) in [5.41, 5.74) is 6.41. The lowest BCUT2D eigenvalue weighted by Gasteiger charge is -2.18. The van der Waals surface area contributed by atoms with E-state index in [2.05, 4.69) is 14.9 Å². The molecule has 4 rings (SSSR count). The highest BCUT2D eigenvalue weighted by atomic mass is 16.5. The molecule has 6 heteroatoms. The second kappa shape index (κ2) is 5.98. The minimum Gasteiger partial charge on any atom is -0.342 e. The number of aromatic amines is 1. The van der Waals surface area contributed by atoms with Gasteiger partial charge in [0, 0.05) is 18.7 Å². The summed E-state index contributed by atoms with van der Waals surface area (Å²) in [6.45, 7) is 1.60. The van der Waals surface area contributed by atoms with Gasteiger partial charge < -0.3 is 9.88 Å². The SMILES string of the molecule is O=C(NO)c1cccc2c1CCN(c1nc3ccccc3[nH]1)CC2. The maximum Gasteiger partial charge on any atom is 0.274 e. The minimum atomic E-state index is -0.455. The monoisotopic (exact) mass is 322 g/mol. The van der Waals surface area contributed by atoms with Gasteiger partial charge in [0.1, 0.15) is 0 Å². The van der Waals surface area contributed by atoms with Crippen molar-refractivity contribution in [1.29, 1.82) is 0 Å². The summed E-state index contributed by atoms with van der Waals surface area (Å²) in [4.78, 5) is 22.1. The van der Waals surface area contributed by atoms with Gasteiger partial charge in [0.25, 0.3) is 5.91 Å². The van der Waals surface area contributed by atoms with Crippen LogP contribution in [-0.4, -0.2) is 34.2 Å². The molecule has 0 spiro atoms. The second-order valence-corrected chi connectivity index (χ2v) is 5.95. The molecule has 3 N–H and O–H groups in total. The third-order valence-corrected chi connectivity index (χ3v) is 4.58. The number of nitrogens with one attached hydrogen (secondary N) is 2. The van der Waals surface area contributed by atoms with Gasteiger partial charge in [-0.2, -0.15) is 0 Å². The number of rotatable bonds is 2. The van der Waals surface area contributed by atoms with Crippen LogP contribution in [0.4, 0.5) is 5.95 Å². The minimum absolute atomic E-state index is 0.455. The van der Waals surface area contributed by atoms with E-state index in [0.29, 0.717) is 5.56 Å². The van der Waals surface area contributed by atoms with Gasteiger partial charge >= 0.3 is 0 Å². The summed E-state index contributed by atoms with van der Waals surface area (Å²) >= 11 is 0. The molecule has 24 heavy (non-hydrogen) atoms. The number of anilines is 1. The molecule has 1 amide bonds. The molecule has 2 heterocycles. The van der Waals surface area contributed by atoms with Crippen molar-refractivity contribution in [3.63, 3.8) is 0 Å². The molecule has 1 aliphatic heterocycles. The van der Waals surface area contributed by atoms with Crippen LogP contribution in [0.2, 0.25) is 0 Å². The molecular weight excluding hydrogens is 304 g/mol. The normalized spacial score (nSPS) is 14.3. The second-order valence-electron chi connectivity index (χ2n) is 5.95. The standard InChI is InChI=1S/C18H18N4O2/c23-17(21-24)14-5-3-4-12-8-10-22(11-9-13(12)14)18-19-15-6-1-2-7-16(15)20-18/h1-7,24H,8-11H2,(H,19,20)(H,21,23). The van der Waals surface area contributed by atoms with E-state index >= 15 is 0 Å². The van der Waals surface area contributed by atoms with Crippen molar-refractivity contribution in [1.82, 2.24) is 15.4 Å². The van der Waals surface area contributed by atoms with Gasteiger partial charge in [-0.25, -0.2) is 10.5 Å². The van der Waals surface area contributed by atoms with Crippen molar-refractivity contribution in [2.24, 2.45) is 0 Å². The van der Waals surface area contributed by atoms with E-state index in [0.717, 1.165) is 54.0 Å². The number of amides is 1. The van der Waals surface area contributed by atoms with Crippen molar-refractivity contribution in [3.8, 4) is 0 Å². The molecule has 1 aromatic heterocycles. The number of hydrogen-bond acceptors (Lipinski definition) is 4. The maximum absolute atomic E-state index is 11.9. The molecule has 0 radical (unpaired) electrons. The number of aromatic nitrogens is 2. The molecule has 2 aromatic carbocycles. The highest BCUT2D eigenvalue weighted by Gasteiger charge is 2.21. The van der Waals surface area contributed by atoms with Crippen molar-refractivity contribution in [3.05, 3.63) is 59.2 Å². The van der Waals surface area contributed by atoms with Crippen LogP contribution < -0.4 is 10.4 Å². The summed E-state index contributed by atoms with van der Waals surface area (Å²) in [7, 11) is 0. The number of hydrogen-bond donors (Lipinski definition) is 3. The van der Waals surface area contributed by atoms with Gasteiger partial charge in [-0.1, -0.05) is 24.3 Å². The quantitative estimate of drug-likeness (QED) is 0.499. The predicted octanol–water partition coefficient (Wildman–Crippen LogP) is 2.29. The highest BCUT2D eigenvalue weighted by molar-refractivity contribution is 5.95. The average Bonchev–Trinajstić information content (AvgIpc) is 2.93. The van der Waals surface area contributed by atoms with E-state index in [-0.39, 0.29) is 0 Å². The Hall–Kier alpha value is -2.86. The number of fused-ring (bicyclic) bond motifs is 2. The molecule has 0 saturated heterocycles. The first-order valence-electron chi connectivity index (χ1n) is 8.01. The first kappa shape index (κ1) is 14.7. The van der Waals surface area contributed by atoms with Gasteiger partial charge in [0.15, 0.2) is 0 Å². The molecular formula is C18H18N4O2. The summed E-state index contributed by atoms with van der Waals surface area (Å²) in [5, 5.41) is 8.95. The lowest BCUT2D eigenvalue weighted by molar-refractivity contribution is 0.0705. The first-order valence-corrected chi connectivity index (χ1v) is 8.01. The first-order chi connectivity index (χ1) is 11.8. The number of carbonyl (C=O) groups excluding carboxylic acids is 1. The Morgan fingerprint density at radius 2 is 1.96 bits per heavy atom. The molecule has 6 nitrogen and oxygen atoms in total. The van der Waals surface area contributed by atoms with Crippen LogP contribution in [0, 0.1) is 0 Å². The Balaban J connectivity index is 1.64. The van der Waals surface area contributed by atoms with Crippen molar-refractivity contribution in [2.75, 3.05) is 18.0 Å². The predicted molar refractivity (Wildman–Crippen MR) is 91.4 cm³/mol. The molecule has 0 saturated carbocycles. The summed E-state index contributed by atoms with van der Waals surface area (Å²) in [5.74, 6) is 0.404. The molecule has 3 aromatic rings. The number of hydroxylamine groups is 1. The van der Waals surface area contributed by atoms with Gasteiger partial charge in [-0.15, -0.1) is 0 Å². The number of nitrogens with zero attached hydrogens (tertiary/aromatic N) is 2.